The molecule has 0 radical (unpaired) electrons. The van der Waals surface area contributed by atoms with Crippen LogP contribution in [0.4, 0.5) is 5.69 Å². The molecule has 0 bridgehead atoms. The summed E-state index contributed by atoms with van der Waals surface area (Å²) in [4.78, 5) is 23.7. The molecule has 0 aromatic heterocycles. The number of para-hydroxylation sites is 1. The molecule has 2 rings (SSSR count). The lowest BCUT2D eigenvalue weighted by molar-refractivity contribution is -0.128. The second-order valence-corrected chi connectivity index (χ2v) is 5.47. The topological polar surface area (TPSA) is 58.2 Å². The molecule has 2 amide bonds. The molecule has 4 nitrogen and oxygen atoms in total. The van der Waals surface area contributed by atoms with E-state index in [-0.39, 0.29) is 24.3 Å². The van der Waals surface area contributed by atoms with Gasteiger partial charge in [-0.1, -0.05) is 38.0 Å². The van der Waals surface area contributed by atoms with Gasteiger partial charge in [0.1, 0.15) is 0 Å². The van der Waals surface area contributed by atoms with Crippen molar-refractivity contribution in [3.8, 4) is 0 Å². The molecule has 108 valence electrons. The molecule has 1 fully saturated rings. The minimum Gasteiger partial charge on any atom is -0.347 e. The van der Waals surface area contributed by atoms with Gasteiger partial charge in [0.25, 0.3) is 0 Å². The Hall–Kier alpha value is -1.84. The van der Waals surface area contributed by atoms with Gasteiger partial charge in [0.05, 0.1) is 6.54 Å². The van der Waals surface area contributed by atoms with Crippen LogP contribution in [0.25, 0.3) is 0 Å². The summed E-state index contributed by atoms with van der Waals surface area (Å²) in [6.07, 6.45) is 4.70. The summed E-state index contributed by atoms with van der Waals surface area (Å²) in [6, 6.07) is 9.25. The van der Waals surface area contributed by atoms with E-state index in [0.29, 0.717) is 5.92 Å². The Labute approximate surface area is 119 Å². The van der Waals surface area contributed by atoms with E-state index in [1.165, 1.54) is 12.8 Å². The highest BCUT2D eigenvalue weighted by atomic mass is 16.2. The van der Waals surface area contributed by atoms with Gasteiger partial charge in [0, 0.05) is 11.6 Å². The Bertz CT molecular complexity index is 453. The smallest absolute Gasteiger partial charge is 0.243 e. The first-order valence-corrected chi connectivity index (χ1v) is 7.29. The van der Waals surface area contributed by atoms with Crippen molar-refractivity contribution >= 4 is 17.5 Å². The van der Waals surface area contributed by atoms with Crippen LogP contribution in [0, 0.1) is 11.8 Å². The van der Waals surface area contributed by atoms with Crippen molar-refractivity contribution in [1.29, 1.82) is 0 Å². The molecule has 1 aliphatic carbocycles. The standard InChI is InChI=1S/C16H22N2O2/c1-12(13-7-5-6-8-13)16(20)17-11-15(19)18-14-9-3-2-4-10-14/h2-4,9-10,12-13H,5-8,11H2,1H3,(H,17,20)(H,18,19). The average Bonchev–Trinajstić information content (AvgIpc) is 2.99. The Morgan fingerprint density at radius 1 is 1.20 bits per heavy atom. The number of carbonyl (C=O) groups excluding carboxylic acids is 2. The minimum atomic E-state index is -0.192. The normalized spacial score (nSPS) is 16.6. The van der Waals surface area contributed by atoms with Crippen molar-refractivity contribution < 1.29 is 9.59 Å². The van der Waals surface area contributed by atoms with Crippen LogP contribution in [0.5, 0.6) is 0 Å². The number of hydrogen-bond donors (Lipinski definition) is 2. The largest absolute Gasteiger partial charge is 0.347 e. The molecule has 1 aromatic carbocycles. The Morgan fingerprint density at radius 2 is 1.85 bits per heavy atom. The summed E-state index contributed by atoms with van der Waals surface area (Å²) in [5, 5.41) is 5.48. The lowest BCUT2D eigenvalue weighted by atomic mass is 9.92. The van der Waals surface area contributed by atoms with Crippen LogP contribution < -0.4 is 10.6 Å². The van der Waals surface area contributed by atoms with Gasteiger partial charge in [0.2, 0.25) is 11.8 Å². The molecule has 0 saturated heterocycles. The van der Waals surface area contributed by atoms with Crippen molar-refractivity contribution in [2.24, 2.45) is 11.8 Å². The number of rotatable bonds is 5. The van der Waals surface area contributed by atoms with E-state index in [1.54, 1.807) is 0 Å². The zero-order valence-corrected chi connectivity index (χ0v) is 11.9. The van der Waals surface area contributed by atoms with E-state index >= 15 is 0 Å². The molecule has 1 aromatic rings. The quantitative estimate of drug-likeness (QED) is 0.867. The van der Waals surface area contributed by atoms with Gasteiger partial charge in [-0.15, -0.1) is 0 Å². The van der Waals surface area contributed by atoms with Crippen molar-refractivity contribution in [3.05, 3.63) is 30.3 Å². The first-order chi connectivity index (χ1) is 9.66. The fourth-order valence-corrected chi connectivity index (χ4v) is 2.73. The summed E-state index contributed by atoms with van der Waals surface area (Å²) in [6.45, 7) is 1.99. The summed E-state index contributed by atoms with van der Waals surface area (Å²) in [7, 11) is 0. The third kappa shape index (κ3) is 4.08. The highest BCUT2D eigenvalue weighted by Crippen LogP contribution is 2.31. The first kappa shape index (κ1) is 14.6. The number of anilines is 1. The second kappa shape index (κ2) is 7.08. The molecule has 0 aliphatic heterocycles. The lowest BCUT2D eigenvalue weighted by Gasteiger charge is -2.18. The molecule has 0 heterocycles. The Kier molecular flexibility index (Phi) is 5.16. The lowest BCUT2D eigenvalue weighted by Crippen LogP contribution is -2.37. The number of hydrogen-bond acceptors (Lipinski definition) is 2. The average molecular weight is 274 g/mol. The summed E-state index contributed by atoms with van der Waals surface area (Å²) in [5.74, 6) is 0.275. The minimum absolute atomic E-state index is 0.00188. The van der Waals surface area contributed by atoms with Crippen LogP contribution in [0.3, 0.4) is 0 Å². The third-order valence-electron chi connectivity index (χ3n) is 4.00. The first-order valence-electron chi connectivity index (χ1n) is 7.29. The van der Waals surface area contributed by atoms with Crippen molar-refractivity contribution in [1.82, 2.24) is 5.32 Å². The maximum absolute atomic E-state index is 12.0. The zero-order valence-electron chi connectivity index (χ0n) is 11.9. The third-order valence-corrected chi connectivity index (χ3v) is 4.00. The monoisotopic (exact) mass is 274 g/mol. The fraction of sp³-hybridized carbons (Fsp3) is 0.500. The molecule has 20 heavy (non-hydrogen) atoms. The Balaban J connectivity index is 1.74. The highest BCUT2D eigenvalue weighted by Gasteiger charge is 2.26. The molecule has 2 N–H and O–H groups in total. The van der Waals surface area contributed by atoms with Gasteiger partial charge in [-0.25, -0.2) is 0 Å². The van der Waals surface area contributed by atoms with E-state index in [0.717, 1.165) is 18.5 Å². The predicted molar refractivity (Wildman–Crippen MR) is 79.2 cm³/mol. The molecule has 1 saturated carbocycles. The van der Waals surface area contributed by atoms with Crippen LogP contribution in [-0.4, -0.2) is 18.4 Å². The predicted octanol–water partition coefficient (Wildman–Crippen LogP) is 2.57. The van der Waals surface area contributed by atoms with E-state index in [4.69, 9.17) is 0 Å². The van der Waals surface area contributed by atoms with Gasteiger partial charge in [-0.05, 0) is 30.9 Å². The van der Waals surface area contributed by atoms with Gasteiger partial charge in [0.15, 0.2) is 0 Å². The van der Waals surface area contributed by atoms with E-state index in [2.05, 4.69) is 10.6 Å². The van der Waals surface area contributed by atoms with Crippen molar-refractivity contribution in [2.75, 3.05) is 11.9 Å². The zero-order chi connectivity index (χ0) is 14.4. The number of nitrogens with one attached hydrogen (secondary N) is 2. The van der Waals surface area contributed by atoms with Crippen LogP contribution in [0.2, 0.25) is 0 Å². The van der Waals surface area contributed by atoms with Gasteiger partial charge >= 0.3 is 0 Å². The second-order valence-electron chi connectivity index (χ2n) is 5.47. The van der Waals surface area contributed by atoms with Crippen LogP contribution in [0.1, 0.15) is 32.6 Å². The molecule has 4 heteroatoms. The molecular formula is C16H22N2O2. The van der Waals surface area contributed by atoms with Crippen LogP contribution in [-0.2, 0) is 9.59 Å². The molecule has 1 aliphatic rings. The maximum Gasteiger partial charge on any atom is 0.243 e. The van der Waals surface area contributed by atoms with Gasteiger partial charge in [-0.2, -0.15) is 0 Å². The molecule has 1 atom stereocenters. The van der Waals surface area contributed by atoms with E-state index in [1.807, 2.05) is 37.3 Å². The Morgan fingerprint density at radius 3 is 2.50 bits per heavy atom. The van der Waals surface area contributed by atoms with E-state index in [9.17, 15) is 9.59 Å². The molecular weight excluding hydrogens is 252 g/mol. The number of benzene rings is 1. The van der Waals surface area contributed by atoms with E-state index < -0.39 is 0 Å². The van der Waals surface area contributed by atoms with Crippen LogP contribution >= 0.6 is 0 Å². The number of amides is 2. The van der Waals surface area contributed by atoms with Crippen LogP contribution in [0.15, 0.2) is 30.3 Å². The van der Waals surface area contributed by atoms with Crippen molar-refractivity contribution in [2.45, 2.75) is 32.6 Å². The summed E-state index contributed by atoms with van der Waals surface area (Å²) >= 11 is 0. The fourth-order valence-electron chi connectivity index (χ4n) is 2.73. The molecule has 1 unspecified atom stereocenters. The maximum atomic E-state index is 12.0. The molecule has 0 spiro atoms. The summed E-state index contributed by atoms with van der Waals surface area (Å²) in [5.41, 5.74) is 0.746. The van der Waals surface area contributed by atoms with Gasteiger partial charge in [-0.3, -0.25) is 9.59 Å². The van der Waals surface area contributed by atoms with Gasteiger partial charge < -0.3 is 10.6 Å². The SMILES string of the molecule is CC(C(=O)NCC(=O)Nc1ccccc1)C1CCCC1. The highest BCUT2D eigenvalue weighted by molar-refractivity contribution is 5.94. The van der Waals surface area contributed by atoms with Crippen molar-refractivity contribution in [3.63, 3.8) is 0 Å². The summed E-state index contributed by atoms with van der Waals surface area (Å²) < 4.78 is 0. The number of carbonyl (C=O) groups is 2.